The largest absolute Gasteiger partial charge is 0.378 e. The van der Waals surface area contributed by atoms with Crippen LogP contribution in [0.4, 0.5) is 0 Å². The average Bonchev–Trinajstić information content (AvgIpc) is 2.25. The van der Waals surface area contributed by atoms with Crippen LogP contribution in [-0.2, 0) is 14.2 Å². The van der Waals surface area contributed by atoms with Gasteiger partial charge in [-0.15, -0.1) is 0 Å². The van der Waals surface area contributed by atoms with Crippen LogP contribution in [0.1, 0.15) is 33.1 Å². The monoisotopic (exact) mass is 214 g/mol. The Kier molecular flexibility index (Phi) is 4.00. The van der Waals surface area contributed by atoms with Crippen molar-refractivity contribution in [2.45, 2.75) is 45.5 Å². The molecule has 2 saturated heterocycles. The average molecular weight is 214 g/mol. The molecule has 0 aliphatic carbocycles. The predicted molar refractivity (Wildman–Crippen MR) is 57.6 cm³/mol. The maximum Gasteiger partial charge on any atom is 0.160 e. The highest BCUT2D eigenvalue weighted by atomic mass is 16.7. The minimum absolute atomic E-state index is 0.0281. The Balaban J connectivity index is 1.68. The lowest BCUT2D eigenvalue weighted by atomic mass is 9.98. The summed E-state index contributed by atoms with van der Waals surface area (Å²) in [5.74, 6) is 1.25. The molecule has 0 bridgehead atoms. The van der Waals surface area contributed by atoms with Crippen LogP contribution in [0, 0.1) is 11.8 Å². The first-order valence-corrected chi connectivity index (χ1v) is 6.09. The van der Waals surface area contributed by atoms with E-state index in [9.17, 15) is 0 Å². The second kappa shape index (κ2) is 5.28. The lowest BCUT2D eigenvalue weighted by Crippen LogP contribution is -2.35. The van der Waals surface area contributed by atoms with Crippen molar-refractivity contribution in [2.24, 2.45) is 11.8 Å². The van der Waals surface area contributed by atoms with Gasteiger partial charge in [-0.2, -0.15) is 0 Å². The SMILES string of the molecule is CC1CCC(CC2OCC(C)CO2)OC1. The van der Waals surface area contributed by atoms with Crippen LogP contribution in [0.25, 0.3) is 0 Å². The molecule has 2 unspecified atom stereocenters. The third-order valence-electron chi connectivity index (χ3n) is 3.19. The molecule has 3 heteroatoms. The molecule has 2 aliphatic heterocycles. The first-order valence-electron chi connectivity index (χ1n) is 6.09. The summed E-state index contributed by atoms with van der Waals surface area (Å²) in [4.78, 5) is 0. The van der Waals surface area contributed by atoms with Crippen molar-refractivity contribution in [1.82, 2.24) is 0 Å². The maximum absolute atomic E-state index is 5.76. The highest BCUT2D eigenvalue weighted by Crippen LogP contribution is 2.24. The van der Waals surface area contributed by atoms with Crippen LogP contribution in [0.3, 0.4) is 0 Å². The first-order chi connectivity index (χ1) is 7.24. The highest BCUT2D eigenvalue weighted by Gasteiger charge is 2.26. The molecule has 88 valence electrons. The standard InChI is InChI=1S/C12H22O3/c1-9-3-4-11(13-6-9)5-12-14-7-10(2)8-15-12/h9-12H,3-8H2,1-2H3. The van der Waals surface area contributed by atoms with Crippen molar-refractivity contribution < 1.29 is 14.2 Å². The lowest BCUT2D eigenvalue weighted by Gasteiger charge is -2.32. The summed E-state index contributed by atoms with van der Waals surface area (Å²) in [5, 5.41) is 0. The Morgan fingerprint density at radius 3 is 2.13 bits per heavy atom. The molecule has 2 atom stereocenters. The van der Waals surface area contributed by atoms with Gasteiger partial charge in [-0.1, -0.05) is 13.8 Å². The number of hydrogen-bond acceptors (Lipinski definition) is 3. The molecular weight excluding hydrogens is 192 g/mol. The molecule has 0 N–H and O–H groups in total. The first kappa shape index (κ1) is 11.4. The molecule has 0 aromatic rings. The number of rotatable bonds is 2. The zero-order chi connectivity index (χ0) is 10.7. The van der Waals surface area contributed by atoms with E-state index in [-0.39, 0.29) is 6.29 Å². The summed E-state index contributed by atoms with van der Waals surface area (Å²) in [6, 6.07) is 0. The van der Waals surface area contributed by atoms with E-state index in [1.807, 2.05) is 0 Å². The lowest BCUT2D eigenvalue weighted by molar-refractivity contribution is -0.214. The zero-order valence-electron chi connectivity index (χ0n) is 9.78. The fraction of sp³-hybridized carbons (Fsp3) is 1.00. The summed E-state index contributed by atoms with van der Waals surface area (Å²) in [6.07, 6.45) is 3.65. The molecule has 0 saturated carbocycles. The van der Waals surface area contributed by atoms with E-state index in [1.54, 1.807) is 0 Å². The number of hydrogen-bond donors (Lipinski definition) is 0. The van der Waals surface area contributed by atoms with Gasteiger partial charge in [0, 0.05) is 18.9 Å². The van der Waals surface area contributed by atoms with E-state index in [1.165, 1.54) is 6.42 Å². The van der Waals surface area contributed by atoms with E-state index < -0.39 is 0 Å². The van der Waals surface area contributed by atoms with Gasteiger partial charge >= 0.3 is 0 Å². The van der Waals surface area contributed by atoms with Crippen LogP contribution < -0.4 is 0 Å². The molecule has 0 amide bonds. The molecule has 15 heavy (non-hydrogen) atoms. The summed E-state index contributed by atoms with van der Waals surface area (Å²) >= 11 is 0. The van der Waals surface area contributed by atoms with Gasteiger partial charge in [0.15, 0.2) is 6.29 Å². The van der Waals surface area contributed by atoms with Crippen molar-refractivity contribution in [3.63, 3.8) is 0 Å². The number of ether oxygens (including phenoxy) is 3. The Morgan fingerprint density at radius 1 is 0.867 bits per heavy atom. The summed E-state index contributed by atoms with van der Waals surface area (Å²) in [6.45, 7) is 6.94. The molecule has 2 fully saturated rings. The van der Waals surface area contributed by atoms with Gasteiger partial charge in [0.25, 0.3) is 0 Å². The molecule has 2 aliphatic rings. The minimum atomic E-state index is -0.0281. The van der Waals surface area contributed by atoms with Gasteiger partial charge in [-0.3, -0.25) is 0 Å². The van der Waals surface area contributed by atoms with E-state index >= 15 is 0 Å². The van der Waals surface area contributed by atoms with Crippen molar-refractivity contribution in [2.75, 3.05) is 19.8 Å². The van der Waals surface area contributed by atoms with E-state index in [4.69, 9.17) is 14.2 Å². The molecule has 2 rings (SSSR count). The van der Waals surface area contributed by atoms with E-state index in [0.717, 1.165) is 38.6 Å². The van der Waals surface area contributed by atoms with Gasteiger partial charge < -0.3 is 14.2 Å². The van der Waals surface area contributed by atoms with Crippen molar-refractivity contribution in [3.05, 3.63) is 0 Å². The van der Waals surface area contributed by atoms with E-state index in [0.29, 0.717) is 12.0 Å². The normalized spacial score (nSPS) is 42.8. The Morgan fingerprint density at radius 2 is 1.53 bits per heavy atom. The van der Waals surface area contributed by atoms with Gasteiger partial charge in [-0.05, 0) is 18.8 Å². The van der Waals surface area contributed by atoms with Crippen LogP contribution >= 0.6 is 0 Å². The quantitative estimate of drug-likeness (QED) is 0.705. The summed E-state index contributed by atoms with van der Waals surface area (Å²) in [7, 11) is 0. The molecule has 2 heterocycles. The predicted octanol–water partition coefficient (Wildman–Crippen LogP) is 2.20. The zero-order valence-corrected chi connectivity index (χ0v) is 9.78. The van der Waals surface area contributed by atoms with Crippen molar-refractivity contribution in [3.8, 4) is 0 Å². The molecular formula is C12H22O3. The third kappa shape index (κ3) is 3.44. The van der Waals surface area contributed by atoms with Crippen LogP contribution in [-0.4, -0.2) is 32.2 Å². The van der Waals surface area contributed by atoms with Crippen LogP contribution in [0.2, 0.25) is 0 Å². The van der Waals surface area contributed by atoms with Gasteiger partial charge in [0.1, 0.15) is 0 Å². The molecule has 0 radical (unpaired) electrons. The smallest absolute Gasteiger partial charge is 0.160 e. The fourth-order valence-electron chi connectivity index (χ4n) is 2.11. The Labute approximate surface area is 92.1 Å². The Hall–Kier alpha value is -0.120. The topological polar surface area (TPSA) is 27.7 Å². The van der Waals surface area contributed by atoms with Gasteiger partial charge in [0.2, 0.25) is 0 Å². The maximum atomic E-state index is 5.76. The van der Waals surface area contributed by atoms with Crippen LogP contribution in [0.15, 0.2) is 0 Å². The Bertz CT molecular complexity index is 159. The third-order valence-corrected chi connectivity index (χ3v) is 3.19. The molecule has 0 aromatic carbocycles. The summed E-state index contributed by atoms with van der Waals surface area (Å²) < 4.78 is 17.0. The second-order valence-corrected chi connectivity index (χ2v) is 5.07. The van der Waals surface area contributed by atoms with Crippen LogP contribution in [0.5, 0.6) is 0 Å². The van der Waals surface area contributed by atoms with Crippen molar-refractivity contribution >= 4 is 0 Å². The van der Waals surface area contributed by atoms with Gasteiger partial charge in [-0.25, -0.2) is 0 Å². The van der Waals surface area contributed by atoms with Gasteiger partial charge in [0.05, 0.1) is 19.3 Å². The second-order valence-electron chi connectivity index (χ2n) is 5.07. The molecule has 0 aromatic heterocycles. The minimum Gasteiger partial charge on any atom is -0.378 e. The molecule has 3 nitrogen and oxygen atoms in total. The highest BCUT2D eigenvalue weighted by molar-refractivity contribution is 4.70. The van der Waals surface area contributed by atoms with E-state index in [2.05, 4.69) is 13.8 Å². The molecule has 0 spiro atoms. The fourth-order valence-corrected chi connectivity index (χ4v) is 2.11. The van der Waals surface area contributed by atoms with Crippen molar-refractivity contribution in [1.29, 1.82) is 0 Å². The summed E-state index contributed by atoms with van der Waals surface area (Å²) in [5.41, 5.74) is 0.